The summed E-state index contributed by atoms with van der Waals surface area (Å²) in [4.78, 5) is 12.6. The summed E-state index contributed by atoms with van der Waals surface area (Å²) in [6.45, 7) is 2.05. The van der Waals surface area contributed by atoms with Crippen LogP contribution in [0.2, 0.25) is 0 Å². The second kappa shape index (κ2) is 5.53. The van der Waals surface area contributed by atoms with Crippen molar-refractivity contribution in [3.05, 3.63) is 28.2 Å². The molecule has 2 rings (SSSR count). The lowest BCUT2D eigenvalue weighted by Crippen LogP contribution is -2.28. The SMILES string of the molecule is CCCC(NC(=O)c1cccs1)c1nn[nH]n1. The molecule has 1 atom stereocenters. The van der Waals surface area contributed by atoms with Gasteiger partial charge in [0.15, 0.2) is 5.82 Å². The highest BCUT2D eigenvalue weighted by atomic mass is 32.1. The van der Waals surface area contributed by atoms with Gasteiger partial charge in [-0.25, -0.2) is 0 Å². The maximum Gasteiger partial charge on any atom is 0.261 e. The maximum atomic E-state index is 11.9. The first-order chi connectivity index (χ1) is 8.31. The summed E-state index contributed by atoms with van der Waals surface area (Å²) in [6.07, 6.45) is 1.72. The molecule has 0 bridgehead atoms. The summed E-state index contributed by atoms with van der Waals surface area (Å²) in [5.74, 6) is 0.431. The molecule has 2 aromatic heterocycles. The van der Waals surface area contributed by atoms with E-state index in [1.807, 2.05) is 18.4 Å². The lowest BCUT2D eigenvalue weighted by Gasteiger charge is -2.13. The van der Waals surface area contributed by atoms with Gasteiger partial charge in [-0.05, 0) is 17.9 Å². The Labute approximate surface area is 102 Å². The number of aromatic nitrogens is 4. The van der Waals surface area contributed by atoms with Crippen molar-refractivity contribution in [2.45, 2.75) is 25.8 Å². The quantitative estimate of drug-likeness (QED) is 0.844. The van der Waals surface area contributed by atoms with Crippen LogP contribution in [0.25, 0.3) is 0 Å². The molecular formula is C10H13N5OS. The van der Waals surface area contributed by atoms with Gasteiger partial charge in [0.05, 0.1) is 10.9 Å². The molecule has 90 valence electrons. The molecule has 0 aliphatic heterocycles. The standard InChI is InChI=1S/C10H13N5OS/c1-2-4-7(9-12-14-15-13-9)11-10(16)8-5-3-6-17-8/h3,5-7H,2,4H2,1H3,(H,11,16)(H,12,13,14,15). The van der Waals surface area contributed by atoms with Crippen LogP contribution in [0, 0.1) is 0 Å². The maximum absolute atomic E-state index is 11.9. The number of aromatic amines is 1. The highest BCUT2D eigenvalue weighted by Crippen LogP contribution is 2.15. The highest BCUT2D eigenvalue weighted by Gasteiger charge is 2.18. The smallest absolute Gasteiger partial charge is 0.261 e. The average Bonchev–Trinajstić information content (AvgIpc) is 3.01. The number of H-pyrrole nitrogens is 1. The Morgan fingerprint density at radius 1 is 1.65 bits per heavy atom. The number of nitrogens with zero attached hydrogens (tertiary/aromatic N) is 3. The molecule has 0 aliphatic carbocycles. The minimum Gasteiger partial charge on any atom is -0.341 e. The summed E-state index contributed by atoms with van der Waals surface area (Å²) in [6, 6.07) is 3.45. The van der Waals surface area contributed by atoms with Gasteiger partial charge in [0.1, 0.15) is 0 Å². The molecule has 0 saturated carbocycles. The molecule has 0 radical (unpaired) electrons. The number of thiophene rings is 1. The van der Waals surface area contributed by atoms with Crippen molar-refractivity contribution in [2.75, 3.05) is 0 Å². The van der Waals surface area contributed by atoms with Crippen LogP contribution in [0.1, 0.15) is 41.3 Å². The molecule has 17 heavy (non-hydrogen) atoms. The van der Waals surface area contributed by atoms with E-state index in [2.05, 4.69) is 25.9 Å². The van der Waals surface area contributed by atoms with Crippen LogP contribution in [0.4, 0.5) is 0 Å². The predicted octanol–water partition coefficient (Wildman–Crippen LogP) is 1.53. The Hall–Kier alpha value is -1.76. The first-order valence-corrected chi connectivity index (χ1v) is 6.27. The highest BCUT2D eigenvalue weighted by molar-refractivity contribution is 7.12. The van der Waals surface area contributed by atoms with E-state index >= 15 is 0 Å². The molecule has 0 saturated heterocycles. The molecule has 0 aliphatic rings. The normalized spacial score (nSPS) is 12.3. The number of carbonyl (C=O) groups is 1. The lowest BCUT2D eigenvalue weighted by molar-refractivity contribution is 0.0936. The van der Waals surface area contributed by atoms with E-state index in [1.165, 1.54) is 11.3 Å². The predicted molar refractivity (Wildman–Crippen MR) is 63.6 cm³/mol. The minimum atomic E-state index is -0.187. The second-order valence-corrected chi connectivity index (χ2v) is 4.51. The fourth-order valence-electron chi connectivity index (χ4n) is 1.51. The molecule has 1 amide bonds. The van der Waals surface area contributed by atoms with Gasteiger partial charge in [0.25, 0.3) is 5.91 Å². The molecule has 7 heteroatoms. The van der Waals surface area contributed by atoms with Crippen molar-refractivity contribution < 1.29 is 4.79 Å². The van der Waals surface area contributed by atoms with E-state index in [0.29, 0.717) is 10.7 Å². The van der Waals surface area contributed by atoms with Crippen LogP contribution in [-0.2, 0) is 0 Å². The van der Waals surface area contributed by atoms with Gasteiger partial charge in [-0.1, -0.05) is 24.6 Å². The molecule has 0 aromatic carbocycles. The first-order valence-electron chi connectivity index (χ1n) is 5.39. The van der Waals surface area contributed by atoms with Crippen molar-refractivity contribution >= 4 is 17.2 Å². The Balaban J connectivity index is 2.06. The minimum absolute atomic E-state index is 0.0942. The number of rotatable bonds is 5. The average molecular weight is 251 g/mol. The van der Waals surface area contributed by atoms with E-state index in [4.69, 9.17) is 0 Å². The van der Waals surface area contributed by atoms with Crippen molar-refractivity contribution in [3.8, 4) is 0 Å². The van der Waals surface area contributed by atoms with Gasteiger partial charge in [0.2, 0.25) is 0 Å². The Morgan fingerprint density at radius 2 is 2.53 bits per heavy atom. The van der Waals surface area contributed by atoms with Crippen LogP contribution in [0.15, 0.2) is 17.5 Å². The monoisotopic (exact) mass is 251 g/mol. The van der Waals surface area contributed by atoms with Gasteiger partial charge in [-0.3, -0.25) is 4.79 Å². The molecule has 6 nitrogen and oxygen atoms in total. The molecule has 2 N–H and O–H groups in total. The van der Waals surface area contributed by atoms with E-state index in [0.717, 1.165) is 12.8 Å². The van der Waals surface area contributed by atoms with Crippen molar-refractivity contribution in [1.82, 2.24) is 25.9 Å². The number of tetrazole rings is 1. The van der Waals surface area contributed by atoms with E-state index in [-0.39, 0.29) is 11.9 Å². The number of hydrogen-bond donors (Lipinski definition) is 2. The third-order valence-electron chi connectivity index (χ3n) is 2.30. The summed E-state index contributed by atoms with van der Waals surface area (Å²) >= 11 is 1.41. The van der Waals surface area contributed by atoms with Gasteiger partial charge in [-0.15, -0.1) is 21.5 Å². The molecule has 2 heterocycles. The van der Waals surface area contributed by atoms with Gasteiger partial charge in [0, 0.05) is 0 Å². The molecule has 2 aromatic rings. The zero-order chi connectivity index (χ0) is 12.1. The van der Waals surface area contributed by atoms with Crippen molar-refractivity contribution in [1.29, 1.82) is 0 Å². The molecular weight excluding hydrogens is 238 g/mol. The molecule has 0 spiro atoms. The molecule has 0 fully saturated rings. The van der Waals surface area contributed by atoms with Crippen LogP contribution in [0.5, 0.6) is 0 Å². The van der Waals surface area contributed by atoms with Crippen LogP contribution in [0.3, 0.4) is 0 Å². The van der Waals surface area contributed by atoms with Crippen molar-refractivity contribution in [2.24, 2.45) is 0 Å². The fourth-order valence-corrected chi connectivity index (χ4v) is 2.14. The van der Waals surface area contributed by atoms with Gasteiger partial charge >= 0.3 is 0 Å². The largest absolute Gasteiger partial charge is 0.341 e. The van der Waals surface area contributed by atoms with Crippen LogP contribution in [-0.4, -0.2) is 26.5 Å². The number of amides is 1. The first kappa shape index (κ1) is 11.7. The van der Waals surface area contributed by atoms with Crippen LogP contribution < -0.4 is 5.32 Å². The fraction of sp³-hybridized carbons (Fsp3) is 0.400. The Kier molecular flexibility index (Phi) is 3.81. The van der Waals surface area contributed by atoms with Crippen molar-refractivity contribution in [3.63, 3.8) is 0 Å². The third-order valence-corrected chi connectivity index (χ3v) is 3.17. The zero-order valence-electron chi connectivity index (χ0n) is 9.38. The summed E-state index contributed by atoms with van der Waals surface area (Å²) < 4.78 is 0. The van der Waals surface area contributed by atoms with Gasteiger partial charge < -0.3 is 5.32 Å². The van der Waals surface area contributed by atoms with E-state index in [1.54, 1.807) is 6.07 Å². The third kappa shape index (κ3) is 2.88. The summed E-state index contributed by atoms with van der Waals surface area (Å²) in [7, 11) is 0. The summed E-state index contributed by atoms with van der Waals surface area (Å²) in [5.41, 5.74) is 0. The molecule has 1 unspecified atom stereocenters. The second-order valence-electron chi connectivity index (χ2n) is 3.56. The van der Waals surface area contributed by atoms with Crippen LogP contribution >= 0.6 is 11.3 Å². The van der Waals surface area contributed by atoms with E-state index in [9.17, 15) is 4.79 Å². The van der Waals surface area contributed by atoms with Gasteiger partial charge in [-0.2, -0.15) is 5.21 Å². The Bertz CT molecular complexity index is 453. The number of carbonyl (C=O) groups excluding carboxylic acids is 1. The topological polar surface area (TPSA) is 83.6 Å². The number of hydrogen-bond acceptors (Lipinski definition) is 5. The number of nitrogens with one attached hydrogen (secondary N) is 2. The lowest BCUT2D eigenvalue weighted by atomic mass is 10.1. The summed E-state index contributed by atoms with van der Waals surface area (Å²) in [5, 5.41) is 18.5. The zero-order valence-corrected chi connectivity index (χ0v) is 10.2. The van der Waals surface area contributed by atoms with E-state index < -0.39 is 0 Å². The Morgan fingerprint density at radius 3 is 3.12 bits per heavy atom.